The zero-order chi connectivity index (χ0) is 22.7. The van der Waals surface area contributed by atoms with Gasteiger partial charge in [-0.1, -0.05) is 30.3 Å². The number of methoxy groups -OCH3 is 1. The van der Waals surface area contributed by atoms with E-state index < -0.39 is 0 Å². The minimum absolute atomic E-state index is 0.113. The number of amides is 1. The Kier molecular flexibility index (Phi) is 6.62. The van der Waals surface area contributed by atoms with Crippen molar-refractivity contribution >= 4 is 44.9 Å². The van der Waals surface area contributed by atoms with E-state index in [1.54, 1.807) is 31.4 Å². The predicted molar refractivity (Wildman–Crippen MR) is 133 cm³/mol. The molecule has 0 spiro atoms. The highest BCUT2D eigenvalue weighted by molar-refractivity contribution is 8.00. The third-order valence-electron chi connectivity index (χ3n) is 5.07. The maximum absolute atomic E-state index is 12.9. The van der Waals surface area contributed by atoms with Crippen LogP contribution in [0.25, 0.3) is 21.3 Å². The Hall–Kier alpha value is -3.10. The van der Waals surface area contributed by atoms with Gasteiger partial charge in [0.15, 0.2) is 0 Å². The minimum Gasteiger partial charge on any atom is -0.497 e. The molecule has 2 heterocycles. The largest absolute Gasteiger partial charge is 0.497 e. The second kappa shape index (κ2) is 9.58. The normalized spacial score (nSPS) is 13.0. The van der Waals surface area contributed by atoms with Crippen LogP contribution in [0.3, 0.4) is 0 Å². The first-order chi connectivity index (χ1) is 15.5. The average Bonchev–Trinajstić information content (AvgIpc) is 3.25. The first kappa shape index (κ1) is 22.1. The SMILES string of the molecule is COc1ccc(NC(=O)[C@H](C)S[C@H](C)c2nc3scc(-c4ccccc4)c3c(=O)[nH]2)cc1. The van der Waals surface area contributed by atoms with Crippen LogP contribution in [0, 0.1) is 0 Å². The Morgan fingerprint density at radius 3 is 2.53 bits per heavy atom. The average molecular weight is 466 g/mol. The fraction of sp³-hybridized carbons (Fsp3) is 0.208. The van der Waals surface area contributed by atoms with Gasteiger partial charge in [0.2, 0.25) is 5.91 Å². The number of hydrogen-bond acceptors (Lipinski definition) is 6. The van der Waals surface area contributed by atoms with Gasteiger partial charge in [-0.05, 0) is 43.7 Å². The molecule has 0 saturated carbocycles. The Morgan fingerprint density at radius 2 is 1.84 bits per heavy atom. The number of anilines is 1. The number of hydrogen-bond donors (Lipinski definition) is 2. The summed E-state index contributed by atoms with van der Waals surface area (Å²) in [6, 6.07) is 17.0. The second-order valence-electron chi connectivity index (χ2n) is 7.29. The molecule has 164 valence electrons. The lowest BCUT2D eigenvalue weighted by Gasteiger charge is -2.16. The molecule has 1 amide bonds. The minimum atomic E-state index is -0.337. The zero-order valence-corrected chi connectivity index (χ0v) is 19.5. The third-order valence-corrected chi connectivity index (χ3v) is 7.19. The number of aromatic nitrogens is 2. The lowest BCUT2D eigenvalue weighted by atomic mass is 10.1. The number of fused-ring (bicyclic) bond motifs is 1. The van der Waals surface area contributed by atoms with Crippen molar-refractivity contribution in [3.8, 4) is 16.9 Å². The van der Waals surface area contributed by atoms with Gasteiger partial charge in [-0.3, -0.25) is 9.59 Å². The number of thioether (sulfide) groups is 1. The molecule has 4 rings (SSSR count). The highest BCUT2D eigenvalue weighted by Gasteiger charge is 2.21. The van der Waals surface area contributed by atoms with Gasteiger partial charge in [0.25, 0.3) is 5.56 Å². The number of rotatable bonds is 7. The molecular weight excluding hydrogens is 442 g/mol. The van der Waals surface area contributed by atoms with Crippen LogP contribution in [0.2, 0.25) is 0 Å². The van der Waals surface area contributed by atoms with Gasteiger partial charge in [0, 0.05) is 16.6 Å². The quantitative estimate of drug-likeness (QED) is 0.377. The first-order valence-electron chi connectivity index (χ1n) is 10.1. The van der Waals surface area contributed by atoms with Crippen LogP contribution in [0.4, 0.5) is 5.69 Å². The number of thiophene rings is 1. The van der Waals surface area contributed by atoms with E-state index in [0.717, 1.165) is 16.9 Å². The van der Waals surface area contributed by atoms with Crippen molar-refractivity contribution in [1.29, 1.82) is 0 Å². The molecule has 4 aromatic rings. The smallest absolute Gasteiger partial charge is 0.260 e. The molecule has 2 aromatic heterocycles. The zero-order valence-electron chi connectivity index (χ0n) is 17.9. The van der Waals surface area contributed by atoms with Crippen molar-refractivity contribution < 1.29 is 9.53 Å². The fourth-order valence-corrected chi connectivity index (χ4v) is 5.33. The Bertz CT molecular complexity index is 1280. The molecule has 6 nitrogen and oxygen atoms in total. The molecule has 0 aliphatic rings. The summed E-state index contributed by atoms with van der Waals surface area (Å²) in [5, 5.41) is 4.98. The maximum Gasteiger partial charge on any atom is 0.260 e. The summed E-state index contributed by atoms with van der Waals surface area (Å²) in [5.41, 5.74) is 2.42. The summed E-state index contributed by atoms with van der Waals surface area (Å²) in [6.45, 7) is 3.78. The number of nitrogens with zero attached hydrogens (tertiary/aromatic N) is 1. The third kappa shape index (κ3) is 4.71. The van der Waals surface area contributed by atoms with E-state index in [0.29, 0.717) is 21.7 Å². The lowest BCUT2D eigenvalue weighted by molar-refractivity contribution is -0.115. The van der Waals surface area contributed by atoms with E-state index >= 15 is 0 Å². The van der Waals surface area contributed by atoms with E-state index in [2.05, 4.69) is 10.3 Å². The summed E-state index contributed by atoms with van der Waals surface area (Å²) in [6.07, 6.45) is 0. The van der Waals surface area contributed by atoms with Crippen LogP contribution in [0.15, 0.2) is 64.8 Å². The Labute approximate surface area is 194 Å². The van der Waals surface area contributed by atoms with Gasteiger partial charge >= 0.3 is 0 Å². The lowest BCUT2D eigenvalue weighted by Crippen LogP contribution is -2.23. The number of carbonyl (C=O) groups excluding carboxylic acids is 1. The van der Waals surface area contributed by atoms with Crippen molar-refractivity contribution in [2.45, 2.75) is 24.3 Å². The van der Waals surface area contributed by atoms with Crippen molar-refractivity contribution in [2.24, 2.45) is 0 Å². The van der Waals surface area contributed by atoms with Crippen LogP contribution in [-0.2, 0) is 4.79 Å². The number of H-pyrrole nitrogens is 1. The number of carbonyl (C=O) groups is 1. The van der Waals surface area contributed by atoms with Gasteiger partial charge in [-0.25, -0.2) is 4.98 Å². The summed E-state index contributed by atoms with van der Waals surface area (Å²) in [7, 11) is 1.60. The molecule has 8 heteroatoms. The monoisotopic (exact) mass is 465 g/mol. The number of nitrogens with one attached hydrogen (secondary N) is 2. The molecule has 0 bridgehead atoms. The summed E-state index contributed by atoms with van der Waals surface area (Å²) in [4.78, 5) is 33.8. The molecule has 0 aliphatic heterocycles. The topological polar surface area (TPSA) is 84.1 Å². The van der Waals surface area contributed by atoms with Gasteiger partial charge in [-0.2, -0.15) is 0 Å². The second-order valence-corrected chi connectivity index (χ2v) is 9.83. The molecule has 0 saturated heterocycles. The number of aromatic amines is 1. The van der Waals surface area contributed by atoms with Gasteiger partial charge in [0.05, 0.1) is 23.0 Å². The van der Waals surface area contributed by atoms with E-state index in [1.807, 2.05) is 49.6 Å². The van der Waals surface area contributed by atoms with Crippen molar-refractivity contribution in [3.05, 3.63) is 76.2 Å². The molecule has 2 atom stereocenters. The van der Waals surface area contributed by atoms with E-state index in [1.165, 1.54) is 23.1 Å². The standard InChI is InChI=1S/C24H23N3O3S2/c1-14(32-15(2)22(28)25-17-9-11-18(30-3)12-10-17)21-26-23(29)20-19(13-31-24(20)27-21)16-7-5-4-6-8-16/h4-15H,1-3H3,(H,25,28)(H,26,27,29)/t14-,15+/m1/s1. The molecule has 0 aliphatic carbocycles. The van der Waals surface area contributed by atoms with Gasteiger partial charge in [0.1, 0.15) is 16.4 Å². The van der Waals surface area contributed by atoms with Crippen LogP contribution >= 0.6 is 23.1 Å². The van der Waals surface area contributed by atoms with Crippen LogP contribution in [0.5, 0.6) is 5.75 Å². The summed E-state index contributed by atoms with van der Waals surface area (Å²) < 4.78 is 5.14. The first-order valence-corrected chi connectivity index (χ1v) is 12.0. The maximum atomic E-state index is 12.9. The summed E-state index contributed by atoms with van der Waals surface area (Å²) >= 11 is 2.90. The van der Waals surface area contributed by atoms with Crippen LogP contribution in [0.1, 0.15) is 24.9 Å². The fourth-order valence-electron chi connectivity index (χ4n) is 3.34. The van der Waals surface area contributed by atoms with Crippen LogP contribution in [-0.4, -0.2) is 28.2 Å². The van der Waals surface area contributed by atoms with Gasteiger partial charge in [-0.15, -0.1) is 23.1 Å². The highest BCUT2D eigenvalue weighted by Crippen LogP contribution is 2.34. The Balaban J connectivity index is 1.49. The van der Waals surface area contributed by atoms with Crippen LogP contribution < -0.4 is 15.6 Å². The van der Waals surface area contributed by atoms with E-state index in [9.17, 15) is 9.59 Å². The number of benzene rings is 2. The van der Waals surface area contributed by atoms with Gasteiger partial charge < -0.3 is 15.0 Å². The highest BCUT2D eigenvalue weighted by atomic mass is 32.2. The molecule has 32 heavy (non-hydrogen) atoms. The summed E-state index contributed by atoms with van der Waals surface area (Å²) in [5.74, 6) is 1.18. The molecule has 0 unspecified atom stereocenters. The molecule has 0 fully saturated rings. The number of ether oxygens (including phenoxy) is 1. The van der Waals surface area contributed by atoms with Crippen molar-refractivity contribution in [2.75, 3.05) is 12.4 Å². The molecule has 2 N–H and O–H groups in total. The molecule has 0 radical (unpaired) electrons. The molecular formula is C24H23N3O3S2. The Morgan fingerprint density at radius 1 is 1.12 bits per heavy atom. The van der Waals surface area contributed by atoms with E-state index in [4.69, 9.17) is 9.72 Å². The van der Waals surface area contributed by atoms with Crippen molar-refractivity contribution in [3.63, 3.8) is 0 Å². The molecule has 2 aromatic carbocycles. The predicted octanol–water partition coefficient (Wildman–Crippen LogP) is 5.48. The van der Waals surface area contributed by atoms with Crippen molar-refractivity contribution in [1.82, 2.24) is 9.97 Å². The van der Waals surface area contributed by atoms with E-state index in [-0.39, 0.29) is 22.0 Å².